The summed E-state index contributed by atoms with van der Waals surface area (Å²) in [4.78, 5) is -0.821. The third-order valence-corrected chi connectivity index (χ3v) is 5.63. The van der Waals surface area contributed by atoms with Crippen molar-refractivity contribution in [3.63, 3.8) is 0 Å². The van der Waals surface area contributed by atoms with Gasteiger partial charge in [-0.05, 0) is 35.9 Å². The van der Waals surface area contributed by atoms with Crippen LogP contribution in [0.4, 0.5) is 13.2 Å². The summed E-state index contributed by atoms with van der Waals surface area (Å²) in [6.45, 7) is 1.66. The van der Waals surface area contributed by atoms with Crippen molar-refractivity contribution in [1.29, 1.82) is 0 Å². The standard InChI is InChI=1S/C18H11F3N2O4S/c1-10-22-23-17(27-10)12-4-7-16-14(8-12)15(9-26-16)11-2-5-13(6-3-11)28(24,25)18(19,20)21/h2-9H,1H3. The molecule has 0 aliphatic heterocycles. The molecule has 6 nitrogen and oxygen atoms in total. The summed E-state index contributed by atoms with van der Waals surface area (Å²) in [6.07, 6.45) is 1.45. The number of aryl methyl sites for hydroxylation is 1. The lowest BCUT2D eigenvalue weighted by molar-refractivity contribution is -0.0436. The highest BCUT2D eigenvalue weighted by Gasteiger charge is 2.46. The number of alkyl halides is 3. The Bertz CT molecular complexity index is 1270. The summed E-state index contributed by atoms with van der Waals surface area (Å²) in [5.74, 6) is 0.724. The Morgan fingerprint density at radius 2 is 1.64 bits per heavy atom. The first-order valence-corrected chi connectivity index (χ1v) is 9.39. The lowest BCUT2D eigenvalue weighted by atomic mass is 10.0. The van der Waals surface area contributed by atoms with Gasteiger partial charge in [-0.3, -0.25) is 0 Å². The number of aromatic nitrogens is 2. The predicted octanol–water partition coefficient (Wildman–Crippen LogP) is 4.75. The first-order valence-electron chi connectivity index (χ1n) is 7.90. The van der Waals surface area contributed by atoms with Crippen molar-refractivity contribution in [2.24, 2.45) is 0 Å². The van der Waals surface area contributed by atoms with Crippen LogP contribution in [0.25, 0.3) is 33.6 Å². The molecule has 10 heteroatoms. The molecule has 4 aromatic rings. The molecule has 0 aliphatic rings. The largest absolute Gasteiger partial charge is 0.501 e. The van der Waals surface area contributed by atoms with Gasteiger partial charge in [0.15, 0.2) is 0 Å². The lowest BCUT2D eigenvalue weighted by Crippen LogP contribution is -2.23. The summed E-state index contributed by atoms with van der Waals surface area (Å²) >= 11 is 0. The van der Waals surface area contributed by atoms with Gasteiger partial charge >= 0.3 is 5.51 Å². The predicted molar refractivity (Wildman–Crippen MR) is 92.9 cm³/mol. The van der Waals surface area contributed by atoms with Crippen molar-refractivity contribution in [3.05, 3.63) is 54.6 Å². The molecule has 28 heavy (non-hydrogen) atoms. The van der Waals surface area contributed by atoms with Gasteiger partial charge in [0, 0.05) is 23.4 Å². The van der Waals surface area contributed by atoms with Crippen LogP contribution in [-0.4, -0.2) is 24.1 Å². The Morgan fingerprint density at radius 3 is 2.25 bits per heavy atom. The number of rotatable bonds is 3. The molecule has 2 aromatic heterocycles. The highest BCUT2D eigenvalue weighted by molar-refractivity contribution is 7.92. The molecule has 0 bridgehead atoms. The van der Waals surface area contributed by atoms with Crippen molar-refractivity contribution < 1.29 is 30.4 Å². The van der Waals surface area contributed by atoms with Gasteiger partial charge in [-0.2, -0.15) is 13.2 Å². The molecule has 0 N–H and O–H groups in total. The van der Waals surface area contributed by atoms with E-state index in [0.717, 1.165) is 12.1 Å². The minimum atomic E-state index is -5.40. The van der Waals surface area contributed by atoms with Crippen molar-refractivity contribution in [2.45, 2.75) is 17.3 Å². The Morgan fingerprint density at radius 1 is 0.964 bits per heavy atom. The minimum absolute atomic E-state index is 0.318. The average Bonchev–Trinajstić information content (AvgIpc) is 3.26. The molecule has 0 radical (unpaired) electrons. The highest BCUT2D eigenvalue weighted by Crippen LogP contribution is 2.35. The fraction of sp³-hybridized carbons (Fsp3) is 0.111. The van der Waals surface area contributed by atoms with Crippen LogP contribution in [0.5, 0.6) is 0 Å². The van der Waals surface area contributed by atoms with Gasteiger partial charge in [-0.15, -0.1) is 10.2 Å². The van der Waals surface area contributed by atoms with E-state index in [1.54, 1.807) is 25.1 Å². The van der Waals surface area contributed by atoms with E-state index < -0.39 is 20.2 Å². The molecule has 0 unspecified atom stereocenters. The van der Waals surface area contributed by atoms with E-state index >= 15 is 0 Å². The molecule has 0 spiro atoms. The molecule has 4 rings (SSSR count). The van der Waals surface area contributed by atoms with E-state index in [2.05, 4.69) is 10.2 Å². The summed E-state index contributed by atoms with van der Waals surface area (Å²) < 4.78 is 71.9. The van der Waals surface area contributed by atoms with E-state index in [1.807, 2.05) is 0 Å². The first-order chi connectivity index (χ1) is 13.2. The zero-order valence-electron chi connectivity index (χ0n) is 14.2. The van der Waals surface area contributed by atoms with Crippen LogP contribution in [0, 0.1) is 6.92 Å². The second-order valence-electron chi connectivity index (χ2n) is 5.96. The van der Waals surface area contributed by atoms with E-state index in [0.29, 0.717) is 39.4 Å². The van der Waals surface area contributed by atoms with E-state index in [9.17, 15) is 21.6 Å². The van der Waals surface area contributed by atoms with Gasteiger partial charge in [-0.25, -0.2) is 8.42 Å². The molecule has 0 saturated heterocycles. The van der Waals surface area contributed by atoms with Gasteiger partial charge in [0.1, 0.15) is 5.58 Å². The number of nitrogens with zero attached hydrogens (tertiary/aromatic N) is 2. The third kappa shape index (κ3) is 2.95. The van der Waals surface area contributed by atoms with Gasteiger partial charge in [-0.1, -0.05) is 12.1 Å². The fourth-order valence-electron chi connectivity index (χ4n) is 2.75. The topological polar surface area (TPSA) is 86.2 Å². The molecular weight excluding hydrogens is 397 g/mol. The molecule has 2 heterocycles. The summed E-state index contributed by atoms with van der Waals surface area (Å²) in [7, 11) is -5.40. The van der Waals surface area contributed by atoms with Crippen molar-refractivity contribution >= 4 is 20.8 Å². The Kier molecular flexibility index (Phi) is 4.03. The van der Waals surface area contributed by atoms with Gasteiger partial charge < -0.3 is 8.83 Å². The maximum absolute atomic E-state index is 12.7. The number of benzene rings is 2. The van der Waals surface area contributed by atoms with E-state index in [-0.39, 0.29) is 0 Å². The average molecular weight is 408 g/mol. The maximum Gasteiger partial charge on any atom is 0.501 e. The van der Waals surface area contributed by atoms with Crippen LogP contribution in [0.15, 0.2) is 62.5 Å². The van der Waals surface area contributed by atoms with E-state index in [1.165, 1.54) is 18.4 Å². The van der Waals surface area contributed by atoms with Crippen molar-refractivity contribution in [2.75, 3.05) is 0 Å². The molecule has 144 valence electrons. The van der Waals surface area contributed by atoms with Crippen LogP contribution in [0.2, 0.25) is 0 Å². The Labute approximate surface area is 156 Å². The van der Waals surface area contributed by atoms with Crippen molar-refractivity contribution in [3.8, 4) is 22.6 Å². The zero-order chi connectivity index (χ0) is 20.1. The molecule has 0 saturated carbocycles. The summed E-state index contributed by atoms with van der Waals surface area (Å²) in [6, 6.07) is 9.63. The second-order valence-corrected chi connectivity index (χ2v) is 7.90. The van der Waals surface area contributed by atoms with Crippen LogP contribution in [-0.2, 0) is 9.84 Å². The normalized spacial score (nSPS) is 12.6. The Hall–Kier alpha value is -3.14. The first kappa shape index (κ1) is 18.2. The van der Waals surface area contributed by atoms with Crippen LogP contribution in [0.3, 0.4) is 0 Å². The molecule has 0 atom stereocenters. The second kappa shape index (κ2) is 6.20. The number of fused-ring (bicyclic) bond motifs is 1. The molecule has 2 aromatic carbocycles. The van der Waals surface area contributed by atoms with Gasteiger partial charge in [0.25, 0.3) is 9.84 Å². The van der Waals surface area contributed by atoms with Crippen LogP contribution < -0.4 is 0 Å². The lowest BCUT2D eigenvalue weighted by Gasteiger charge is -2.08. The van der Waals surface area contributed by atoms with Crippen molar-refractivity contribution in [1.82, 2.24) is 10.2 Å². The molecule has 0 aliphatic carbocycles. The Balaban J connectivity index is 1.77. The maximum atomic E-state index is 12.7. The quantitative estimate of drug-likeness (QED) is 0.486. The summed E-state index contributed by atoms with van der Waals surface area (Å²) in [5, 5.41) is 8.39. The van der Waals surface area contributed by atoms with Gasteiger partial charge in [0.05, 0.1) is 11.2 Å². The molecular formula is C18H11F3N2O4S. The van der Waals surface area contributed by atoms with Gasteiger partial charge in [0.2, 0.25) is 11.8 Å². The van der Waals surface area contributed by atoms with E-state index in [4.69, 9.17) is 8.83 Å². The number of hydrogen-bond donors (Lipinski definition) is 0. The SMILES string of the molecule is Cc1nnc(-c2ccc3occ(-c4ccc(S(=O)(=O)C(F)(F)F)cc4)c3c2)o1. The number of sulfone groups is 1. The smallest absolute Gasteiger partial charge is 0.464 e. The minimum Gasteiger partial charge on any atom is -0.464 e. The number of furan rings is 1. The highest BCUT2D eigenvalue weighted by atomic mass is 32.2. The molecule has 0 amide bonds. The van der Waals surface area contributed by atoms with Crippen LogP contribution >= 0.6 is 0 Å². The van der Waals surface area contributed by atoms with Crippen LogP contribution in [0.1, 0.15) is 5.89 Å². The number of halogens is 3. The number of hydrogen-bond acceptors (Lipinski definition) is 6. The zero-order valence-corrected chi connectivity index (χ0v) is 15.0. The fourth-order valence-corrected chi connectivity index (χ4v) is 3.51. The third-order valence-electron chi connectivity index (χ3n) is 4.13. The summed E-state index contributed by atoms with van der Waals surface area (Å²) in [5.41, 5.74) is -3.08. The monoisotopic (exact) mass is 408 g/mol. The molecule has 0 fully saturated rings.